The first-order valence-electron chi connectivity index (χ1n) is 12.0. The fourth-order valence-electron chi connectivity index (χ4n) is 4.61. The van der Waals surface area contributed by atoms with Crippen LogP contribution < -0.4 is 0 Å². The maximum Gasteiger partial charge on any atom is 0.168 e. The molecule has 0 fully saturated rings. The van der Waals surface area contributed by atoms with Crippen molar-refractivity contribution in [1.82, 2.24) is 14.8 Å². The second-order valence-electron chi connectivity index (χ2n) is 9.86. The van der Waals surface area contributed by atoms with Crippen LogP contribution in [0.2, 0.25) is 0 Å². The molecule has 0 atom stereocenters. The second kappa shape index (κ2) is 9.35. The van der Waals surface area contributed by atoms with Crippen LogP contribution in [0, 0.1) is 20.8 Å². The van der Waals surface area contributed by atoms with Crippen molar-refractivity contribution in [3.63, 3.8) is 0 Å². The van der Waals surface area contributed by atoms with Gasteiger partial charge in [-0.15, -0.1) is 10.2 Å². The van der Waals surface area contributed by atoms with Gasteiger partial charge in [-0.25, -0.2) is 0 Å². The molecular formula is C30H35N3. The summed E-state index contributed by atoms with van der Waals surface area (Å²) in [5.74, 6) is 1.93. The molecule has 170 valence electrons. The number of unbranched alkanes of at least 4 members (excludes halogenated alkanes) is 1. The lowest BCUT2D eigenvalue weighted by Gasteiger charge is -2.25. The molecule has 0 saturated carbocycles. The third-order valence-corrected chi connectivity index (χ3v) is 6.60. The van der Waals surface area contributed by atoms with E-state index in [4.69, 9.17) is 10.2 Å². The molecule has 0 saturated heterocycles. The van der Waals surface area contributed by atoms with Crippen LogP contribution in [-0.2, 0) is 5.41 Å². The van der Waals surface area contributed by atoms with Gasteiger partial charge in [0.2, 0.25) is 0 Å². The van der Waals surface area contributed by atoms with Gasteiger partial charge in [0.15, 0.2) is 5.82 Å². The van der Waals surface area contributed by atoms with Gasteiger partial charge in [0, 0.05) is 11.0 Å². The lowest BCUT2D eigenvalue weighted by Crippen LogP contribution is -2.23. The lowest BCUT2D eigenvalue weighted by molar-refractivity contribution is 0.425. The Labute approximate surface area is 198 Å². The van der Waals surface area contributed by atoms with E-state index < -0.39 is 0 Å². The van der Waals surface area contributed by atoms with E-state index in [-0.39, 0.29) is 5.41 Å². The highest BCUT2D eigenvalue weighted by atomic mass is 15.3. The van der Waals surface area contributed by atoms with E-state index in [1.165, 1.54) is 40.7 Å². The summed E-state index contributed by atoms with van der Waals surface area (Å²) in [6.45, 7) is 13.3. The maximum absolute atomic E-state index is 4.79. The third-order valence-electron chi connectivity index (χ3n) is 6.60. The van der Waals surface area contributed by atoms with Gasteiger partial charge >= 0.3 is 0 Å². The highest BCUT2D eigenvalue weighted by molar-refractivity contribution is 5.74. The van der Waals surface area contributed by atoms with Crippen molar-refractivity contribution in [1.29, 1.82) is 0 Å². The number of hydrogen-bond donors (Lipinski definition) is 0. The number of nitrogens with zero attached hydrogens (tertiary/aromatic N) is 3. The summed E-state index contributed by atoms with van der Waals surface area (Å²) in [7, 11) is 0. The van der Waals surface area contributed by atoms with Gasteiger partial charge < -0.3 is 0 Å². The molecule has 4 rings (SSSR count). The van der Waals surface area contributed by atoms with E-state index in [0.717, 1.165) is 29.3 Å². The summed E-state index contributed by atoms with van der Waals surface area (Å²) >= 11 is 0. The number of aromatic nitrogens is 3. The lowest BCUT2D eigenvalue weighted by atomic mass is 9.86. The molecule has 1 aromatic heterocycles. The maximum atomic E-state index is 4.79. The zero-order chi connectivity index (χ0) is 23.6. The molecule has 0 aliphatic heterocycles. The SMILES string of the molecule is CCCCC(C)(C)c1nnc(-c2ccc(C)c(-c3ccccc3)c2)n1-c1ccc(C)cc1C. The first kappa shape index (κ1) is 23.0. The van der Waals surface area contributed by atoms with Crippen LogP contribution in [0.4, 0.5) is 0 Å². The zero-order valence-electron chi connectivity index (χ0n) is 20.8. The van der Waals surface area contributed by atoms with Crippen LogP contribution in [0.5, 0.6) is 0 Å². The molecule has 3 aromatic carbocycles. The van der Waals surface area contributed by atoms with Crippen molar-refractivity contribution in [2.75, 3.05) is 0 Å². The van der Waals surface area contributed by atoms with Crippen molar-refractivity contribution in [2.45, 2.75) is 66.2 Å². The summed E-state index contributed by atoms with van der Waals surface area (Å²) in [5, 5.41) is 9.57. The fourth-order valence-corrected chi connectivity index (χ4v) is 4.61. The van der Waals surface area contributed by atoms with Gasteiger partial charge in [-0.3, -0.25) is 4.57 Å². The fraction of sp³-hybridized carbons (Fsp3) is 0.333. The quantitative estimate of drug-likeness (QED) is 0.293. The van der Waals surface area contributed by atoms with Crippen LogP contribution in [0.15, 0.2) is 66.7 Å². The Kier molecular flexibility index (Phi) is 6.51. The first-order valence-corrected chi connectivity index (χ1v) is 12.0. The van der Waals surface area contributed by atoms with E-state index in [2.05, 4.69) is 113 Å². The van der Waals surface area contributed by atoms with Crippen molar-refractivity contribution < 1.29 is 0 Å². The van der Waals surface area contributed by atoms with Crippen molar-refractivity contribution in [3.8, 4) is 28.2 Å². The largest absolute Gasteiger partial charge is 0.278 e. The van der Waals surface area contributed by atoms with Crippen LogP contribution in [0.3, 0.4) is 0 Å². The number of benzene rings is 3. The highest BCUT2D eigenvalue weighted by Crippen LogP contribution is 2.36. The predicted octanol–water partition coefficient (Wildman–Crippen LogP) is 7.99. The summed E-state index contributed by atoms with van der Waals surface area (Å²) in [4.78, 5) is 0. The minimum Gasteiger partial charge on any atom is -0.278 e. The molecule has 1 heterocycles. The van der Waals surface area contributed by atoms with Gasteiger partial charge in [-0.1, -0.05) is 93.8 Å². The number of aryl methyl sites for hydroxylation is 3. The molecule has 0 bridgehead atoms. The normalized spacial score (nSPS) is 11.7. The minimum atomic E-state index is -0.0778. The Balaban J connectivity index is 1.93. The van der Waals surface area contributed by atoms with Gasteiger partial charge in [0.05, 0.1) is 5.69 Å². The Morgan fingerprint density at radius 1 is 0.788 bits per heavy atom. The summed E-state index contributed by atoms with van der Waals surface area (Å²) in [5.41, 5.74) is 8.37. The molecule has 0 spiro atoms. The standard InChI is InChI=1S/C30H35N3/c1-7-8-18-30(5,6)29-32-31-28(33(29)27-17-14-21(2)19-23(27)4)25-16-15-22(3)26(20-25)24-12-10-9-11-13-24/h9-17,19-20H,7-8,18H2,1-6H3. The molecule has 0 N–H and O–H groups in total. The number of hydrogen-bond acceptors (Lipinski definition) is 2. The smallest absolute Gasteiger partial charge is 0.168 e. The number of rotatable bonds is 7. The highest BCUT2D eigenvalue weighted by Gasteiger charge is 2.30. The molecule has 0 aliphatic carbocycles. The van der Waals surface area contributed by atoms with E-state index in [1.54, 1.807) is 0 Å². The Morgan fingerprint density at radius 3 is 2.24 bits per heavy atom. The van der Waals surface area contributed by atoms with Gasteiger partial charge in [0.25, 0.3) is 0 Å². The molecule has 0 aliphatic rings. The molecule has 0 unspecified atom stereocenters. The molecule has 3 nitrogen and oxygen atoms in total. The molecule has 33 heavy (non-hydrogen) atoms. The van der Waals surface area contributed by atoms with Gasteiger partial charge in [-0.05, 0) is 61.6 Å². The predicted molar refractivity (Wildman–Crippen MR) is 139 cm³/mol. The third kappa shape index (κ3) is 4.64. The van der Waals surface area contributed by atoms with Crippen molar-refractivity contribution in [3.05, 3.63) is 89.2 Å². The van der Waals surface area contributed by atoms with Crippen LogP contribution in [-0.4, -0.2) is 14.8 Å². The van der Waals surface area contributed by atoms with Crippen molar-refractivity contribution in [2.24, 2.45) is 0 Å². The summed E-state index contributed by atoms with van der Waals surface area (Å²) < 4.78 is 2.30. The van der Waals surface area contributed by atoms with Gasteiger partial charge in [0.1, 0.15) is 5.82 Å². The zero-order valence-corrected chi connectivity index (χ0v) is 20.8. The summed E-state index contributed by atoms with van der Waals surface area (Å²) in [6.07, 6.45) is 3.42. The molecule has 3 heteroatoms. The van der Waals surface area contributed by atoms with E-state index in [1.807, 2.05) is 0 Å². The average molecular weight is 438 g/mol. The Hall–Kier alpha value is -3.20. The topological polar surface area (TPSA) is 30.7 Å². The van der Waals surface area contributed by atoms with E-state index in [0.29, 0.717) is 0 Å². The molecule has 4 aromatic rings. The minimum absolute atomic E-state index is 0.0778. The Morgan fingerprint density at radius 2 is 1.55 bits per heavy atom. The molecular weight excluding hydrogens is 402 g/mol. The Bertz CT molecular complexity index is 1250. The molecule has 0 radical (unpaired) electrons. The van der Waals surface area contributed by atoms with E-state index in [9.17, 15) is 0 Å². The van der Waals surface area contributed by atoms with Crippen LogP contribution in [0.1, 0.15) is 62.5 Å². The van der Waals surface area contributed by atoms with Crippen LogP contribution >= 0.6 is 0 Å². The average Bonchev–Trinajstić information content (AvgIpc) is 3.24. The van der Waals surface area contributed by atoms with E-state index >= 15 is 0 Å². The van der Waals surface area contributed by atoms with Crippen molar-refractivity contribution >= 4 is 0 Å². The second-order valence-corrected chi connectivity index (χ2v) is 9.86. The van der Waals surface area contributed by atoms with Crippen LogP contribution in [0.25, 0.3) is 28.2 Å². The monoisotopic (exact) mass is 437 g/mol. The first-order chi connectivity index (χ1) is 15.8. The summed E-state index contributed by atoms with van der Waals surface area (Å²) in [6, 6.07) is 23.8. The molecule has 0 amide bonds. The van der Waals surface area contributed by atoms with Gasteiger partial charge in [-0.2, -0.15) is 0 Å².